The van der Waals surface area contributed by atoms with Crippen LogP contribution in [-0.2, 0) is 0 Å². The van der Waals surface area contributed by atoms with Crippen molar-refractivity contribution in [2.24, 2.45) is 11.8 Å². The van der Waals surface area contributed by atoms with Crippen molar-refractivity contribution in [2.45, 2.75) is 64.0 Å². The van der Waals surface area contributed by atoms with Gasteiger partial charge in [-0.25, -0.2) is 0 Å². The molecule has 1 N–H and O–H groups in total. The van der Waals surface area contributed by atoms with Crippen LogP contribution in [-0.4, -0.2) is 36.6 Å². The van der Waals surface area contributed by atoms with Crippen LogP contribution in [0.1, 0.15) is 51.9 Å². The lowest BCUT2D eigenvalue weighted by Gasteiger charge is -2.47. The Balaban J connectivity index is 1.52. The number of rotatable bonds is 3. The second-order valence-electron chi connectivity index (χ2n) is 6.60. The molecule has 2 atom stereocenters. The zero-order valence-electron chi connectivity index (χ0n) is 11.3. The van der Waals surface area contributed by atoms with Gasteiger partial charge in [0, 0.05) is 18.6 Å². The van der Waals surface area contributed by atoms with Gasteiger partial charge in [0.1, 0.15) is 0 Å². The Morgan fingerprint density at radius 1 is 1.00 bits per heavy atom. The minimum Gasteiger partial charge on any atom is -0.310 e. The van der Waals surface area contributed by atoms with Crippen molar-refractivity contribution in [2.75, 3.05) is 19.6 Å². The molecule has 17 heavy (non-hydrogen) atoms. The Labute approximate surface area is 106 Å². The zero-order chi connectivity index (χ0) is 11.7. The minimum absolute atomic E-state index is 0.751. The maximum Gasteiger partial charge on any atom is 0.0226 e. The Kier molecular flexibility index (Phi) is 3.72. The molecule has 0 amide bonds. The summed E-state index contributed by atoms with van der Waals surface area (Å²) >= 11 is 0. The van der Waals surface area contributed by atoms with Crippen molar-refractivity contribution in [1.29, 1.82) is 0 Å². The van der Waals surface area contributed by atoms with E-state index in [1.807, 2.05) is 0 Å². The van der Waals surface area contributed by atoms with Gasteiger partial charge < -0.3 is 10.2 Å². The zero-order valence-corrected chi connectivity index (χ0v) is 11.3. The third-order valence-electron chi connectivity index (χ3n) is 5.49. The van der Waals surface area contributed by atoms with Crippen molar-refractivity contribution < 1.29 is 0 Å². The highest BCUT2D eigenvalue weighted by atomic mass is 15.2. The molecule has 0 aromatic heterocycles. The van der Waals surface area contributed by atoms with E-state index in [1.54, 1.807) is 0 Å². The second-order valence-corrected chi connectivity index (χ2v) is 6.60. The first kappa shape index (κ1) is 12.0. The largest absolute Gasteiger partial charge is 0.310 e. The van der Waals surface area contributed by atoms with Crippen LogP contribution in [0.5, 0.6) is 0 Å². The summed E-state index contributed by atoms with van der Waals surface area (Å²) < 4.78 is 0. The van der Waals surface area contributed by atoms with Crippen LogP contribution in [0.3, 0.4) is 0 Å². The molecule has 0 aromatic rings. The van der Waals surface area contributed by atoms with Gasteiger partial charge in [-0.3, -0.25) is 0 Å². The monoisotopic (exact) mass is 236 g/mol. The molecule has 3 aliphatic heterocycles. The lowest BCUT2D eigenvalue weighted by molar-refractivity contribution is 0.0618. The summed E-state index contributed by atoms with van der Waals surface area (Å²) in [6, 6.07) is 1.55. The number of piperidine rings is 3. The van der Waals surface area contributed by atoms with Gasteiger partial charge in [0.2, 0.25) is 0 Å². The molecule has 2 nitrogen and oxygen atoms in total. The van der Waals surface area contributed by atoms with E-state index in [4.69, 9.17) is 0 Å². The van der Waals surface area contributed by atoms with Crippen molar-refractivity contribution in [3.8, 4) is 0 Å². The SMILES string of the molecule is C[C@H](NC1CN2CCC1CC2)C1CCCCC1. The van der Waals surface area contributed by atoms with Gasteiger partial charge in [-0.2, -0.15) is 0 Å². The van der Waals surface area contributed by atoms with E-state index in [1.165, 1.54) is 64.6 Å². The molecule has 3 saturated heterocycles. The molecule has 98 valence electrons. The van der Waals surface area contributed by atoms with Gasteiger partial charge in [-0.1, -0.05) is 19.3 Å². The van der Waals surface area contributed by atoms with Crippen LogP contribution in [0.4, 0.5) is 0 Å². The van der Waals surface area contributed by atoms with E-state index < -0.39 is 0 Å². The Morgan fingerprint density at radius 2 is 1.71 bits per heavy atom. The molecule has 4 fully saturated rings. The van der Waals surface area contributed by atoms with E-state index in [-0.39, 0.29) is 0 Å². The summed E-state index contributed by atoms with van der Waals surface area (Å²) in [5.74, 6) is 1.94. The van der Waals surface area contributed by atoms with E-state index >= 15 is 0 Å². The fourth-order valence-electron chi connectivity index (χ4n) is 4.26. The first-order chi connectivity index (χ1) is 8.33. The molecule has 1 unspecified atom stereocenters. The summed E-state index contributed by atoms with van der Waals surface area (Å²) in [4.78, 5) is 2.66. The van der Waals surface area contributed by atoms with Gasteiger partial charge in [0.25, 0.3) is 0 Å². The molecule has 2 bridgehead atoms. The summed E-state index contributed by atoms with van der Waals surface area (Å²) in [5, 5.41) is 3.98. The molecule has 1 saturated carbocycles. The minimum atomic E-state index is 0.751. The van der Waals surface area contributed by atoms with Gasteiger partial charge >= 0.3 is 0 Å². The summed E-state index contributed by atoms with van der Waals surface area (Å²) in [5.41, 5.74) is 0. The lowest BCUT2D eigenvalue weighted by Crippen LogP contribution is -2.58. The van der Waals surface area contributed by atoms with E-state index in [0.717, 1.165) is 23.9 Å². The topological polar surface area (TPSA) is 15.3 Å². The molecular formula is C15H28N2. The van der Waals surface area contributed by atoms with E-state index in [2.05, 4.69) is 17.1 Å². The highest BCUT2D eigenvalue weighted by Gasteiger charge is 2.35. The van der Waals surface area contributed by atoms with E-state index in [0.29, 0.717) is 0 Å². The smallest absolute Gasteiger partial charge is 0.0226 e. The van der Waals surface area contributed by atoms with Gasteiger partial charge in [-0.05, 0) is 57.5 Å². The number of hydrogen-bond acceptors (Lipinski definition) is 2. The lowest BCUT2D eigenvalue weighted by atomic mass is 9.81. The highest BCUT2D eigenvalue weighted by Crippen LogP contribution is 2.30. The van der Waals surface area contributed by atoms with Crippen LogP contribution in [0, 0.1) is 11.8 Å². The fraction of sp³-hybridized carbons (Fsp3) is 1.00. The average Bonchev–Trinajstić information content (AvgIpc) is 2.41. The predicted molar refractivity (Wildman–Crippen MR) is 72.1 cm³/mol. The fourth-order valence-corrected chi connectivity index (χ4v) is 4.26. The van der Waals surface area contributed by atoms with Gasteiger partial charge in [-0.15, -0.1) is 0 Å². The summed E-state index contributed by atoms with van der Waals surface area (Å²) in [7, 11) is 0. The van der Waals surface area contributed by atoms with Crippen molar-refractivity contribution >= 4 is 0 Å². The summed E-state index contributed by atoms with van der Waals surface area (Å²) in [6.07, 6.45) is 10.2. The third-order valence-corrected chi connectivity index (χ3v) is 5.49. The average molecular weight is 236 g/mol. The quantitative estimate of drug-likeness (QED) is 0.810. The Morgan fingerprint density at radius 3 is 2.29 bits per heavy atom. The Bertz CT molecular complexity index is 239. The predicted octanol–water partition coefficient (Wildman–Crippen LogP) is 2.64. The molecule has 4 aliphatic rings. The maximum atomic E-state index is 3.98. The number of nitrogens with one attached hydrogen (secondary N) is 1. The molecular weight excluding hydrogens is 208 g/mol. The molecule has 3 heterocycles. The standard InChI is InChI=1S/C15H28N2/c1-12(13-5-3-2-4-6-13)16-15-11-17-9-7-14(15)8-10-17/h12-16H,2-11H2,1H3/t12-,15?/m0/s1. The van der Waals surface area contributed by atoms with Crippen LogP contribution in [0.2, 0.25) is 0 Å². The van der Waals surface area contributed by atoms with Gasteiger partial charge in [0.05, 0.1) is 0 Å². The summed E-state index contributed by atoms with van der Waals surface area (Å²) in [6.45, 7) is 6.48. The molecule has 4 rings (SSSR count). The molecule has 1 aliphatic carbocycles. The molecule has 0 radical (unpaired) electrons. The van der Waals surface area contributed by atoms with Crippen LogP contribution in [0.15, 0.2) is 0 Å². The highest BCUT2D eigenvalue weighted by molar-refractivity contribution is 4.93. The van der Waals surface area contributed by atoms with Crippen molar-refractivity contribution in [3.05, 3.63) is 0 Å². The number of nitrogens with zero attached hydrogens (tertiary/aromatic N) is 1. The van der Waals surface area contributed by atoms with Crippen molar-refractivity contribution in [1.82, 2.24) is 10.2 Å². The first-order valence-electron chi connectivity index (χ1n) is 7.81. The van der Waals surface area contributed by atoms with Crippen LogP contribution < -0.4 is 5.32 Å². The Hall–Kier alpha value is -0.0800. The van der Waals surface area contributed by atoms with Crippen molar-refractivity contribution in [3.63, 3.8) is 0 Å². The number of fused-ring (bicyclic) bond motifs is 3. The molecule has 2 heteroatoms. The third kappa shape index (κ3) is 2.68. The van der Waals surface area contributed by atoms with E-state index in [9.17, 15) is 0 Å². The number of hydrogen-bond donors (Lipinski definition) is 1. The normalized spacial score (nSPS) is 40.4. The van der Waals surface area contributed by atoms with Crippen LogP contribution >= 0.6 is 0 Å². The van der Waals surface area contributed by atoms with Gasteiger partial charge in [0.15, 0.2) is 0 Å². The molecule has 0 spiro atoms. The first-order valence-corrected chi connectivity index (χ1v) is 7.81. The maximum absolute atomic E-state index is 3.98. The second kappa shape index (κ2) is 5.27. The molecule has 0 aromatic carbocycles. The van der Waals surface area contributed by atoms with Crippen LogP contribution in [0.25, 0.3) is 0 Å².